The second kappa shape index (κ2) is 3.45. The molecule has 0 aromatic carbocycles. The molecule has 2 heterocycles. The first kappa shape index (κ1) is 8.68. The smallest absolute Gasteiger partial charge is 0.276 e. The molecule has 0 spiro atoms. The van der Waals surface area contributed by atoms with Gasteiger partial charge >= 0.3 is 0 Å². The summed E-state index contributed by atoms with van der Waals surface area (Å²) >= 11 is 0. The van der Waals surface area contributed by atoms with E-state index in [1.807, 2.05) is 19.1 Å². The lowest BCUT2D eigenvalue weighted by Gasteiger charge is -2.18. The van der Waals surface area contributed by atoms with Crippen LogP contribution in [0.2, 0.25) is 0 Å². The van der Waals surface area contributed by atoms with Gasteiger partial charge in [0, 0.05) is 11.8 Å². The molecule has 2 rings (SSSR count). The van der Waals surface area contributed by atoms with E-state index >= 15 is 0 Å². The zero-order chi connectivity index (χ0) is 9.97. The molecule has 5 heteroatoms. The summed E-state index contributed by atoms with van der Waals surface area (Å²) in [4.78, 5) is 16.8. The van der Waals surface area contributed by atoms with Gasteiger partial charge in [-0.3, -0.25) is 10.2 Å². The molecule has 0 aliphatic carbocycles. The van der Waals surface area contributed by atoms with Crippen LogP contribution in [0.4, 0.5) is 0 Å². The lowest BCUT2D eigenvalue weighted by molar-refractivity contribution is 0.141. The fraction of sp³-hybridized carbons (Fsp3) is 0.222. The summed E-state index contributed by atoms with van der Waals surface area (Å²) in [6.45, 7) is 1.94. The van der Waals surface area contributed by atoms with Gasteiger partial charge < -0.3 is 4.84 Å². The number of rotatable bonds is 2. The Morgan fingerprint density at radius 1 is 1.57 bits per heavy atom. The van der Waals surface area contributed by atoms with E-state index in [-0.39, 0.29) is 5.56 Å². The molecule has 14 heavy (non-hydrogen) atoms. The number of hydrazine groups is 1. The summed E-state index contributed by atoms with van der Waals surface area (Å²) in [6, 6.07) is 3.62. The molecular formula is C9H11N3O2. The summed E-state index contributed by atoms with van der Waals surface area (Å²) in [5.74, 6) is 0. The largest absolute Gasteiger partial charge is 0.350 e. The van der Waals surface area contributed by atoms with E-state index in [4.69, 9.17) is 4.84 Å². The molecule has 1 N–H and O–H groups in total. The second-order valence-electron chi connectivity index (χ2n) is 2.85. The average molecular weight is 193 g/mol. The summed E-state index contributed by atoms with van der Waals surface area (Å²) < 4.78 is 1.37. The van der Waals surface area contributed by atoms with Crippen molar-refractivity contribution in [2.24, 2.45) is 0 Å². The number of aromatic nitrogens is 1. The quantitative estimate of drug-likeness (QED) is 0.732. The highest BCUT2D eigenvalue weighted by molar-refractivity contribution is 5.11. The van der Waals surface area contributed by atoms with E-state index in [0.29, 0.717) is 6.42 Å². The van der Waals surface area contributed by atoms with Crippen molar-refractivity contribution >= 4 is 0 Å². The number of hydrogen-bond acceptors (Lipinski definition) is 4. The molecule has 0 saturated heterocycles. The van der Waals surface area contributed by atoms with Crippen molar-refractivity contribution in [3.63, 3.8) is 0 Å². The molecule has 1 aliphatic heterocycles. The Balaban J connectivity index is 2.38. The van der Waals surface area contributed by atoms with Crippen LogP contribution in [0.1, 0.15) is 12.5 Å². The molecule has 0 saturated carbocycles. The normalized spacial score (nSPS) is 13.9. The molecule has 1 aromatic rings. The van der Waals surface area contributed by atoms with Crippen LogP contribution in [0.25, 0.3) is 0 Å². The van der Waals surface area contributed by atoms with Crippen molar-refractivity contribution in [3.05, 3.63) is 46.7 Å². The third kappa shape index (κ3) is 1.32. The fourth-order valence-corrected chi connectivity index (χ4v) is 1.26. The molecule has 74 valence electrons. The molecule has 1 aliphatic rings. The first-order valence-corrected chi connectivity index (χ1v) is 4.42. The van der Waals surface area contributed by atoms with Crippen LogP contribution >= 0.6 is 0 Å². The summed E-state index contributed by atoms with van der Waals surface area (Å²) in [6.07, 6.45) is 5.42. The maximum atomic E-state index is 11.8. The van der Waals surface area contributed by atoms with E-state index in [0.717, 1.165) is 5.56 Å². The van der Waals surface area contributed by atoms with Crippen molar-refractivity contribution in [3.8, 4) is 0 Å². The van der Waals surface area contributed by atoms with Gasteiger partial charge in [-0.25, -0.2) is 0 Å². The predicted molar refractivity (Wildman–Crippen MR) is 51.7 cm³/mol. The van der Waals surface area contributed by atoms with Crippen molar-refractivity contribution < 1.29 is 4.84 Å². The van der Waals surface area contributed by atoms with E-state index < -0.39 is 0 Å². The van der Waals surface area contributed by atoms with Crippen LogP contribution in [-0.2, 0) is 11.3 Å². The average Bonchev–Trinajstić information content (AvgIpc) is 2.71. The number of hydrogen-bond donors (Lipinski definition) is 1. The van der Waals surface area contributed by atoms with Crippen LogP contribution in [0.3, 0.4) is 0 Å². The van der Waals surface area contributed by atoms with Gasteiger partial charge in [0.1, 0.15) is 6.26 Å². The Morgan fingerprint density at radius 2 is 2.43 bits per heavy atom. The summed E-state index contributed by atoms with van der Waals surface area (Å²) in [5, 5.41) is 1.27. The molecule has 0 atom stereocenters. The standard InChI is InChI=1S/C9H11N3O2/c1-2-8-4-3-6-11(9(8)13)12-10-5-7-14-12/h3-7,10H,2H2,1H3. The number of nitrogens with one attached hydrogen (secondary N) is 1. The lowest BCUT2D eigenvalue weighted by atomic mass is 10.2. The lowest BCUT2D eigenvalue weighted by Crippen LogP contribution is -2.45. The molecule has 0 bridgehead atoms. The van der Waals surface area contributed by atoms with Gasteiger partial charge in [-0.15, -0.1) is 0 Å². The van der Waals surface area contributed by atoms with Crippen molar-refractivity contribution in [2.75, 3.05) is 5.28 Å². The maximum Gasteiger partial charge on any atom is 0.276 e. The van der Waals surface area contributed by atoms with Gasteiger partial charge in [0.05, 0.1) is 6.20 Å². The van der Waals surface area contributed by atoms with E-state index in [1.165, 1.54) is 16.2 Å². The number of nitrogens with zero attached hydrogens (tertiary/aromatic N) is 2. The number of aryl methyl sites for hydroxylation is 1. The Labute approximate surface area is 81.1 Å². The van der Waals surface area contributed by atoms with Crippen LogP contribution in [0, 0.1) is 0 Å². The van der Waals surface area contributed by atoms with Crippen molar-refractivity contribution in [2.45, 2.75) is 13.3 Å². The summed E-state index contributed by atoms with van der Waals surface area (Å²) in [7, 11) is 0. The minimum atomic E-state index is -0.0776. The van der Waals surface area contributed by atoms with Gasteiger partial charge in [-0.05, 0) is 17.8 Å². The first-order valence-electron chi connectivity index (χ1n) is 4.42. The summed E-state index contributed by atoms with van der Waals surface area (Å²) in [5.41, 5.74) is 3.44. The zero-order valence-electron chi connectivity index (χ0n) is 7.80. The third-order valence-electron chi connectivity index (χ3n) is 2.00. The van der Waals surface area contributed by atoms with Crippen LogP contribution in [0.15, 0.2) is 35.6 Å². The number of pyridine rings is 1. The van der Waals surface area contributed by atoms with Crippen LogP contribution in [-0.4, -0.2) is 4.68 Å². The first-order chi connectivity index (χ1) is 6.83. The van der Waals surface area contributed by atoms with Gasteiger partial charge in [-0.2, -0.15) is 4.68 Å². The van der Waals surface area contributed by atoms with E-state index in [2.05, 4.69) is 5.43 Å². The Hall–Kier alpha value is -1.91. The van der Waals surface area contributed by atoms with E-state index in [1.54, 1.807) is 12.4 Å². The highest BCUT2D eigenvalue weighted by Crippen LogP contribution is 1.96. The molecule has 0 amide bonds. The van der Waals surface area contributed by atoms with Crippen LogP contribution in [0.5, 0.6) is 0 Å². The Kier molecular flexibility index (Phi) is 2.14. The molecule has 0 unspecified atom stereocenters. The molecule has 0 radical (unpaired) electrons. The van der Waals surface area contributed by atoms with Gasteiger partial charge in [0.15, 0.2) is 0 Å². The Morgan fingerprint density at radius 3 is 3.07 bits per heavy atom. The highest BCUT2D eigenvalue weighted by Gasteiger charge is 2.10. The van der Waals surface area contributed by atoms with Gasteiger partial charge in [-0.1, -0.05) is 13.0 Å². The predicted octanol–water partition coefficient (Wildman–Crippen LogP) is 0.270. The second-order valence-corrected chi connectivity index (χ2v) is 2.85. The minimum Gasteiger partial charge on any atom is -0.350 e. The Bertz CT molecular complexity index is 403. The van der Waals surface area contributed by atoms with E-state index in [9.17, 15) is 4.79 Å². The van der Waals surface area contributed by atoms with Crippen molar-refractivity contribution in [1.82, 2.24) is 10.1 Å². The molecule has 1 aromatic heterocycles. The van der Waals surface area contributed by atoms with Gasteiger partial charge in [0.2, 0.25) is 0 Å². The monoisotopic (exact) mass is 193 g/mol. The molecule has 0 fully saturated rings. The van der Waals surface area contributed by atoms with Crippen molar-refractivity contribution in [1.29, 1.82) is 0 Å². The van der Waals surface area contributed by atoms with Gasteiger partial charge in [0.25, 0.3) is 5.56 Å². The highest BCUT2D eigenvalue weighted by atomic mass is 16.7. The van der Waals surface area contributed by atoms with Crippen LogP contribution < -0.4 is 16.3 Å². The molecular weight excluding hydrogens is 182 g/mol. The third-order valence-corrected chi connectivity index (χ3v) is 2.00. The fourth-order valence-electron chi connectivity index (χ4n) is 1.26. The SMILES string of the molecule is CCc1cccn(N2NC=CO2)c1=O. The topological polar surface area (TPSA) is 46.5 Å². The molecule has 5 nitrogen and oxygen atoms in total. The maximum absolute atomic E-state index is 11.8. The zero-order valence-corrected chi connectivity index (χ0v) is 7.80. The minimum absolute atomic E-state index is 0.0776.